The van der Waals surface area contributed by atoms with E-state index >= 15 is 0 Å². The highest BCUT2D eigenvalue weighted by Gasteiger charge is 2.26. The number of rotatable bonds is 5. The lowest BCUT2D eigenvalue weighted by Crippen LogP contribution is -2.50. The highest BCUT2D eigenvalue weighted by molar-refractivity contribution is 5.97. The van der Waals surface area contributed by atoms with Crippen molar-refractivity contribution in [2.24, 2.45) is 0 Å². The Bertz CT molecular complexity index is 895. The fourth-order valence-electron chi connectivity index (χ4n) is 3.16. The molecule has 0 atom stereocenters. The minimum Gasteiger partial charge on any atom is -0.497 e. The minimum atomic E-state index is -1.04. The van der Waals surface area contributed by atoms with Gasteiger partial charge in [0.2, 0.25) is 0 Å². The third-order valence-electron chi connectivity index (χ3n) is 4.83. The number of carbonyl (C=O) groups excluding carboxylic acids is 2. The summed E-state index contributed by atoms with van der Waals surface area (Å²) in [6.07, 6.45) is 0. The number of hydrogen-bond donors (Lipinski definition) is 1. The molecule has 1 heterocycles. The van der Waals surface area contributed by atoms with Crippen LogP contribution in [0.5, 0.6) is 11.5 Å². The van der Waals surface area contributed by atoms with Crippen LogP contribution in [0.15, 0.2) is 42.5 Å². The van der Waals surface area contributed by atoms with Gasteiger partial charge < -0.3 is 24.4 Å². The monoisotopic (exact) mass is 398 g/mol. The molecule has 1 aliphatic heterocycles. The largest absolute Gasteiger partial charge is 0.497 e. The van der Waals surface area contributed by atoms with Gasteiger partial charge in [-0.15, -0.1) is 0 Å². The van der Waals surface area contributed by atoms with Crippen LogP contribution in [0.1, 0.15) is 31.1 Å². The second-order valence-corrected chi connectivity index (χ2v) is 6.57. The van der Waals surface area contributed by atoms with Crippen molar-refractivity contribution in [3.63, 3.8) is 0 Å². The molecule has 1 aliphatic rings. The molecule has 2 amide bonds. The normalized spacial score (nSPS) is 13.7. The molecule has 8 nitrogen and oxygen atoms in total. The van der Waals surface area contributed by atoms with E-state index in [0.29, 0.717) is 48.8 Å². The number of carboxylic acid groups (broad SMARTS) is 1. The fraction of sp³-hybridized carbons (Fsp3) is 0.286. The first-order valence-electron chi connectivity index (χ1n) is 9.08. The Morgan fingerprint density at radius 2 is 1.14 bits per heavy atom. The smallest absolute Gasteiger partial charge is 0.335 e. The van der Waals surface area contributed by atoms with Crippen LogP contribution in [-0.2, 0) is 0 Å². The predicted octanol–water partition coefficient (Wildman–Crippen LogP) is 2.00. The molecular formula is C21H22N2O6. The van der Waals surface area contributed by atoms with E-state index in [9.17, 15) is 14.4 Å². The van der Waals surface area contributed by atoms with Gasteiger partial charge in [0.25, 0.3) is 11.8 Å². The molecular weight excluding hydrogens is 376 g/mol. The summed E-state index contributed by atoms with van der Waals surface area (Å²) in [7, 11) is 3.05. The Morgan fingerprint density at radius 1 is 0.724 bits per heavy atom. The van der Waals surface area contributed by atoms with Crippen LogP contribution in [0.4, 0.5) is 0 Å². The zero-order valence-corrected chi connectivity index (χ0v) is 16.3. The van der Waals surface area contributed by atoms with Crippen LogP contribution in [-0.4, -0.2) is 73.1 Å². The zero-order valence-electron chi connectivity index (χ0n) is 16.3. The van der Waals surface area contributed by atoms with Gasteiger partial charge in [0.05, 0.1) is 19.8 Å². The summed E-state index contributed by atoms with van der Waals surface area (Å²) in [5, 5.41) is 8.96. The van der Waals surface area contributed by atoms with E-state index < -0.39 is 5.97 Å². The van der Waals surface area contributed by atoms with E-state index in [0.717, 1.165) is 0 Å². The van der Waals surface area contributed by atoms with Crippen LogP contribution >= 0.6 is 0 Å². The maximum absolute atomic E-state index is 12.8. The van der Waals surface area contributed by atoms with E-state index in [1.54, 1.807) is 28.0 Å². The predicted molar refractivity (Wildman–Crippen MR) is 105 cm³/mol. The Hall–Kier alpha value is -3.55. The summed E-state index contributed by atoms with van der Waals surface area (Å²) in [6, 6.07) is 10.8. The van der Waals surface area contributed by atoms with Crippen molar-refractivity contribution in [2.45, 2.75) is 0 Å². The van der Waals surface area contributed by atoms with Gasteiger partial charge in [0.1, 0.15) is 11.5 Å². The third kappa shape index (κ3) is 4.48. The molecule has 0 spiro atoms. The standard InChI is InChI=1S/C21H22N2O6/c1-28-17-11-16(12-18(13-17)29-2)20(25)23-9-7-22(8-10-23)19(24)14-3-5-15(6-4-14)21(26)27/h3-6,11-13H,7-10H2,1-2H3,(H,26,27). The Balaban J connectivity index is 1.64. The number of nitrogens with zero attached hydrogens (tertiary/aromatic N) is 2. The van der Waals surface area contributed by atoms with E-state index in [-0.39, 0.29) is 17.4 Å². The SMILES string of the molecule is COc1cc(OC)cc(C(=O)N2CCN(C(=O)c3ccc(C(=O)O)cc3)CC2)c1. The number of carbonyl (C=O) groups is 3. The van der Waals surface area contributed by atoms with E-state index in [1.165, 1.54) is 38.5 Å². The molecule has 152 valence electrons. The molecule has 0 aromatic heterocycles. The summed E-state index contributed by atoms with van der Waals surface area (Å²) >= 11 is 0. The maximum atomic E-state index is 12.8. The molecule has 1 fully saturated rings. The third-order valence-corrected chi connectivity index (χ3v) is 4.83. The van der Waals surface area contributed by atoms with E-state index in [4.69, 9.17) is 14.6 Å². The summed E-state index contributed by atoms with van der Waals surface area (Å²) in [5.41, 5.74) is 1.02. The summed E-state index contributed by atoms with van der Waals surface area (Å²) in [6.45, 7) is 1.59. The van der Waals surface area contributed by atoms with E-state index in [1.807, 2.05) is 0 Å². The number of aromatic carboxylic acids is 1. The van der Waals surface area contributed by atoms with Crippen molar-refractivity contribution in [3.05, 3.63) is 59.2 Å². The fourth-order valence-corrected chi connectivity index (χ4v) is 3.16. The molecule has 0 unspecified atom stereocenters. The van der Waals surface area contributed by atoms with Gasteiger partial charge in [-0.05, 0) is 36.4 Å². The number of carboxylic acids is 1. The number of hydrogen-bond acceptors (Lipinski definition) is 5. The van der Waals surface area contributed by atoms with Gasteiger partial charge in [0.15, 0.2) is 0 Å². The van der Waals surface area contributed by atoms with Crippen molar-refractivity contribution in [3.8, 4) is 11.5 Å². The lowest BCUT2D eigenvalue weighted by Gasteiger charge is -2.35. The van der Waals surface area contributed by atoms with Crippen LogP contribution in [0.2, 0.25) is 0 Å². The van der Waals surface area contributed by atoms with Gasteiger partial charge in [-0.1, -0.05) is 0 Å². The first-order valence-corrected chi connectivity index (χ1v) is 9.08. The molecule has 0 aliphatic carbocycles. The Kier molecular flexibility index (Phi) is 6.01. The quantitative estimate of drug-likeness (QED) is 0.828. The van der Waals surface area contributed by atoms with Crippen molar-refractivity contribution in [1.82, 2.24) is 9.80 Å². The van der Waals surface area contributed by atoms with Crippen molar-refractivity contribution < 1.29 is 29.0 Å². The van der Waals surface area contributed by atoms with Gasteiger partial charge in [0, 0.05) is 43.4 Å². The van der Waals surface area contributed by atoms with Crippen LogP contribution < -0.4 is 9.47 Å². The van der Waals surface area contributed by atoms with Crippen LogP contribution in [0, 0.1) is 0 Å². The lowest BCUT2D eigenvalue weighted by molar-refractivity contribution is 0.0535. The van der Waals surface area contributed by atoms with Crippen molar-refractivity contribution >= 4 is 17.8 Å². The van der Waals surface area contributed by atoms with Gasteiger partial charge in [-0.25, -0.2) is 4.79 Å². The molecule has 3 rings (SSSR count). The highest BCUT2D eigenvalue weighted by Crippen LogP contribution is 2.24. The second kappa shape index (κ2) is 8.64. The molecule has 8 heteroatoms. The van der Waals surface area contributed by atoms with Crippen LogP contribution in [0.3, 0.4) is 0 Å². The molecule has 1 saturated heterocycles. The molecule has 0 bridgehead atoms. The highest BCUT2D eigenvalue weighted by atomic mass is 16.5. The second-order valence-electron chi connectivity index (χ2n) is 6.57. The molecule has 1 N–H and O–H groups in total. The summed E-state index contributed by atoms with van der Waals surface area (Å²) in [4.78, 5) is 39.8. The molecule has 0 radical (unpaired) electrons. The lowest BCUT2D eigenvalue weighted by atomic mass is 10.1. The maximum Gasteiger partial charge on any atom is 0.335 e. The average Bonchev–Trinajstić information content (AvgIpc) is 2.77. The minimum absolute atomic E-state index is 0.130. The Morgan fingerprint density at radius 3 is 1.55 bits per heavy atom. The number of benzene rings is 2. The van der Waals surface area contributed by atoms with Gasteiger partial charge in [-0.3, -0.25) is 9.59 Å². The van der Waals surface area contributed by atoms with Crippen molar-refractivity contribution in [2.75, 3.05) is 40.4 Å². The Labute approximate surface area is 168 Å². The van der Waals surface area contributed by atoms with E-state index in [2.05, 4.69) is 0 Å². The number of methoxy groups -OCH3 is 2. The average molecular weight is 398 g/mol. The summed E-state index contributed by atoms with van der Waals surface area (Å²) in [5.74, 6) is -0.305. The van der Waals surface area contributed by atoms with Crippen LogP contribution in [0.25, 0.3) is 0 Å². The number of amides is 2. The molecule has 2 aromatic carbocycles. The van der Waals surface area contributed by atoms with Gasteiger partial charge in [-0.2, -0.15) is 0 Å². The molecule has 0 saturated carbocycles. The first-order chi connectivity index (χ1) is 13.9. The topological polar surface area (TPSA) is 96.4 Å². The first kappa shape index (κ1) is 20.2. The molecule has 2 aromatic rings. The summed E-state index contributed by atoms with van der Waals surface area (Å²) < 4.78 is 10.4. The zero-order chi connectivity index (χ0) is 21.0. The number of ether oxygens (including phenoxy) is 2. The van der Waals surface area contributed by atoms with Gasteiger partial charge >= 0.3 is 5.97 Å². The molecule has 29 heavy (non-hydrogen) atoms. The number of piperazine rings is 1. The van der Waals surface area contributed by atoms with Crippen molar-refractivity contribution in [1.29, 1.82) is 0 Å².